The molecule has 0 aromatic heterocycles. The summed E-state index contributed by atoms with van der Waals surface area (Å²) in [5.74, 6) is 2.13. The van der Waals surface area contributed by atoms with Gasteiger partial charge in [0.15, 0.2) is 5.08 Å². The zero-order valence-corrected chi connectivity index (χ0v) is 15.9. The Labute approximate surface area is 131 Å². The molecule has 0 rings (SSSR count). The summed E-state index contributed by atoms with van der Waals surface area (Å²) in [5.41, 5.74) is -2.53. The molecule has 0 saturated carbocycles. The molecule has 0 bridgehead atoms. The van der Waals surface area contributed by atoms with Gasteiger partial charge in [-0.05, 0) is 26.0 Å². The number of unbranched alkanes of at least 4 members (excludes halogenated alkanes) is 5. The minimum atomic E-state index is -2.53. The van der Waals surface area contributed by atoms with Crippen molar-refractivity contribution in [3.63, 3.8) is 0 Å². The minimum Gasteiger partial charge on any atom is -0.307 e. The highest BCUT2D eigenvalue weighted by molar-refractivity contribution is 8.66. The molecule has 0 radical (unpaired) electrons. The summed E-state index contributed by atoms with van der Waals surface area (Å²) in [5, 5.41) is 0.971. The van der Waals surface area contributed by atoms with E-state index in [1.54, 1.807) is 0 Å². The molecule has 1 N–H and O–H groups in total. The third-order valence-corrected chi connectivity index (χ3v) is 13.3. The highest BCUT2D eigenvalue weighted by atomic mass is 32.9. The third kappa shape index (κ3) is 10.6. The second-order valence-electron chi connectivity index (χ2n) is 4.43. The lowest BCUT2D eigenvalue weighted by molar-refractivity contribution is 0.340. The van der Waals surface area contributed by atoms with E-state index in [2.05, 4.69) is 13.8 Å². The van der Waals surface area contributed by atoms with Crippen molar-refractivity contribution in [3.05, 3.63) is 0 Å². The van der Waals surface area contributed by atoms with Crippen molar-refractivity contribution >= 4 is 39.8 Å². The van der Waals surface area contributed by atoms with E-state index < -0.39 is 5.69 Å². The molecule has 0 fully saturated rings. The monoisotopic (exact) mass is 345 g/mol. The number of rotatable bonds is 13. The molecule has 0 aliphatic heterocycles. The van der Waals surface area contributed by atoms with E-state index in [9.17, 15) is 4.89 Å². The Balaban J connectivity index is 3.65. The fourth-order valence-electron chi connectivity index (χ4n) is 1.69. The van der Waals surface area contributed by atoms with E-state index in [1.807, 2.05) is 18.7 Å². The van der Waals surface area contributed by atoms with Crippen molar-refractivity contribution in [1.29, 1.82) is 0 Å². The highest BCUT2D eigenvalue weighted by Gasteiger charge is 2.36. The molecule has 2 nitrogen and oxygen atoms in total. The molecule has 19 heavy (non-hydrogen) atoms. The molecule has 6 heteroatoms. The molecule has 0 aromatic rings. The third-order valence-electron chi connectivity index (χ3n) is 2.81. The quantitative estimate of drug-likeness (QED) is 0.291. The topological polar surface area (TPSA) is 29.5 Å². The standard InChI is InChI=1S/C13H29O2PS3/c1-4-7-8-9-10-11-12-18-13-19(6-3)16(14,17)15-5-2/h4-13H2,1-3H3/p+1. The van der Waals surface area contributed by atoms with Crippen LogP contribution in [0.3, 0.4) is 0 Å². The van der Waals surface area contributed by atoms with Gasteiger partial charge in [0, 0.05) is 11.8 Å². The van der Waals surface area contributed by atoms with Gasteiger partial charge in [0.05, 0.1) is 17.1 Å². The van der Waals surface area contributed by atoms with E-state index in [0.29, 0.717) is 6.61 Å². The Kier molecular flexibility index (Phi) is 13.8. The van der Waals surface area contributed by atoms with Crippen LogP contribution in [0.1, 0.15) is 59.3 Å². The fourth-order valence-corrected chi connectivity index (χ4v) is 11.4. The number of thioether (sulfide) groups is 1. The Bertz CT molecular complexity index is 252. The zero-order chi connectivity index (χ0) is 14.6. The number of hydrogen-bond donors (Lipinski definition) is 1. The summed E-state index contributed by atoms with van der Waals surface area (Å²) in [6.45, 7) is 6.78. The van der Waals surface area contributed by atoms with Crippen molar-refractivity contribution in [3.8, 4) is 0 Å². The molecule has 0 aromatic carbocycles. The van der Waals surface area contributed by atoms with E-state index in [0.717, 1.165) is 10.8 Å². The van der Waals surface area contributed by atoms with Crippen molar-refractivity contribution < 1.29 is 9.42 Å². The maximum atomic E-state index is 10.2. The van der Waals surface area contributed by atoms with Gasteiger partial charge in [-0.1, -0.05) is 39.0 Å². The van der Waals surface area contributed by atoms with Gasteiger partial charge in [0.25, 0.3) is 0 Å². The van der Waals surface area contributed by atoms with E-state index in [4.69, 9.17) is 16.3 Å². The van der Waals surface area contributed by atoms with Crippen LogP contribution < -0.4 is 0 Å². The van der Waals surface area contributed by atoms with Crippen molar-refractivity contribution in [2.45, 2.75) is 59.3 Å². The van der Waals surface area contributed by atoms with Gasteiger partial charge in [-0.3, -0.25) is 4.52 Å². The summed E-state index contributed by atoms with van der Waals surface area (Å²) in [7, 11) is -0.130. The molecule has 0 aliphatic carbocycles. The first-order valence-electron chi connectivity index (χ1n) is 7.31. The van der Waals surface area contributed by atoms with Gasteiger partial charge in [0.2, 0.25) is 0 Å². The SMILES string of the molecule is CCCCCCCCSC[S+](CC)P(O)(=S)OCC. The Morgan fingerprint density at radius 2 is 1.74 bits per heavy atom. The maximum Gasteiger partial charge on any atom is 0.397 e. The van der Waals surface area contributed by atoms with Gasteiger partial charge in [-0.2, -0.15) is 0 Å². The Morgan fingerprint density at radius 1 is 1.11 bits per heavy atom. The molecule has 0 saturated heterocycles. The van der Waals surface area contributed by atoms with Crippen molar-refractivity contribution in [2.24, 2.45) is 0 Å². The smallest absolute Gasteiger partial charge is 0.307 e. The average Bonchev–Trinajstić information content (AvgIpc) is 2.36. The second kappa shape index (κ2) is 13.0. The second-order valence-corrected chi connectivity index (χ2v) is 14.1. The first-order chi connectivity index (χ1) is 9.08. The summed E-state index contributed by atoms with van der Waals surface area (Å²) in [6, 6.07) is 0. The molecule has 2 atom stereocenters. The minimum absolute atomic E-state index is 0.130. The molecule has 2 unspecified atom stereocenters. The predicted octanol–water partition coefficient (Wildman–Crippen LogP) is 4.93. The van der Waals surface area contributed by atoms with Crippen LogP contribution in [0.2, 0.25) is 0 Å². The van der Waals surface area contributed by atoms with Crippen LogP contribution in [0.4, 0.5) is 0 Å². The van der Waals surface area contributed by atoms with Crippen LogP contribution in [-0.4, -0.2) is 28.1 Å². The average molecular weight is 346 g/mol. The normalized spacial score (nSPS) is 16.2. The highest BCUT2D eigenvalue weighted by Crippen LogP contribution is 2.52. The lowest BCUT2D eigenvalue weighted by Crippen LogP contribution is -2.10. The van der Waals surface area contributed by atoms with Crippen LogP contribution in [0, 0.1) is 0 Å². The first-order valence-corrected chi connectivity index (χ1v) is 13.3. The van der Waals surface area contributed by atoms with Gasteiger partial charge in [0.1, 0.15) is 5.75 Å². The molecule has 0 heterocycles. The molecule has 116 valence electrons. The molecule has 0 amide bonds. The Morgan fingerprint density at radius 3 is 2.32 bits per heavy atom. The van der Waals surface area contributed by atoms with Crippen LogP contribution in [-0.2, 0) is 26.8 Å². The van der Waals surface area contributed by atoms with Gasteiger partial charge in [-0.15, -0.1) is 11.8 Å². The predicted molar refractivity (Wildman–Crippen MR) is 96.7 cm³/mol. The summed E-state index contributed by atoms with van der Waals surface area (Å²) >= 11 is 7.19. The van der Waals surface area contributed by atoms with Gasteiger partial charge in [-0.25, -0.2) is 0 Å². The van der Waals surface area contributed by atoms with E-state index in [1.165, 1.54) is 44.3 Å². The van der Waals surface area contributed by atoms with Crippen LogP contribution in [0.15, 0.2) is 0 Å². The Hall–Kier alpha value is 1.27. The largest absolute Gasteiger partial charge is 0.397 e. The summed E-state index contributed by atoms with van der Waals surface area (Å²) in [4.78, 5) is 10.2. The molecular formula is C13H30O2PS3+. The van der Waals surface area contributed by atoms with Crippen molar-refractivity contribution in [2.75, 3.05) is 23.2 Å². The fraction of sp³-hybridized carbons (Fsp3) is 1.00. The van der Waals surface area contributed by atoms with Gasteiger partial charge >= 0.3 is 5.69 Å². The number of hydrogen-bond acceptors (Lipinski definition) is 3. The summed E-state index contributed by atoms with van der Waals surface area (Å²) in [6.07, 6.45) is 8.05. The maximum absolute atomic E-state index is 10.2. The van der Waals surface area contributed by atoms with Gasteiger partial charge < -0.3 is 4.89 Å². The van der Waals surface area contributed by atoms with Crippen molar-refractivity contribution in [1.82, 2.24) is 0 Å². The van der Waals surface area contributed by atoms with E-state index in [-0.39, 0.29) is 10.5 Å². The summed E-state index contributed by atoms with van der Waals surface area (Å²) < 4.78 is 5.39. The lowest BCUT2D eigenvalue weighted by Gasteiger charge is -2.14. The van der Waals surface area contributed by atoms with E-state index >= 15 is 0 Å². The first kappa shape index (κ1) is 20.3. The van der Waals surface area contributed by atoms with Crippen LogP contribution in [0.25, 0.3) is 0 Å². The lowest BCUT2D eigenvalue weighted by atomic mass is 10.1. The zero-order valence-electron chi connectivity index (χ0n) is 12.6. The molecule has 0 spiro atoms. The van der Waals surface area contributed by atoms with Crippen LogP contribution in [0.5, 0.6) is 0 Å². The molecule has 0 aliphatic rings. The molecular weight excluding hydrogens is 315 g/mol. The van der Waals surface area contributed by atoms with Crippen LogP contribution >= 0.6 is 17.5 Å².